The molecule has 0 bridgehead atoms. The fourth-order valence-corrected chi connectivity index (χ4v) is 4.32. The fraction of sp³-hybridized carbons (Fsp3) is 0.520. The molecule has 0 aliphatic heterocycles. The lowest BCUT2D eigenvalue weighted by atomic mass is 9.97. The standard InChI is InChI=1S/C25H34N2O8/c1-14-16(9-5-7-11-20(28)34-3)18(26-22(14)24(30)31)13-19-17(10-6-8-12-21(29)35-4)15(2)23(27-19)25(32)33/h26-27H,5-13H2,1-4H3,(H,30,31)(H,32,33). The highest BCUT2D eigenvalue weighted by molar-refractivity contribution is 5.89. The van der Waals surface area contributed by atoms with Crippen LogP contribution in [-0.4, -0.2) is 58.3 Å². The first-order valence-corrected chi connectivity index (χ1v) is 11.6. The topological polar surface area (TPSA) is 159 Å². The van der Waals surface area contributed by atoms with E-state index in [4.69, 9.17) is 0 Å². The van der Waals surface area contributed by atoms with Gasteiger partial charge in [0.15, 0.2) is 0 Å². The minimum Gasteiger partial charge on any atom is -0.477 e. The molecule has 10 nitrogen and oxygen atoms in total. The summed E-state index contributed by atoms with van der Waals surface area (Å²) in [5.74, 6) is -2.72. The Morgan fingerprint density at radius 1 is 0.686 bits per heavy atom. The molecule has 192 valence electrons. The second-order valence-corrected chi connectivity index (χ2v) is 8.52. The first kappa shape index (κ1) is 27.7. The molecular formula is C25H34N2O8. The molecule has 2 aromatic rings. The van der Waals surface area contributed by atoms with Crippen LogP contribution < -0.4 is 0 Å². The Morgan fingerprint density at radius 2 is 1.06 bits per heavy atom. The van der Waals surface area contributed by atoms with Crippen molar-refractivity contribution in [2.45, 2.75) is 71.6 Å². The average Bonchev–Trinajstić information content (AvgIpc) is 3.30. The number of hydrogen-bond donors (Lipinski definition) is 4. The summed E-state index contributed by atoms with van der Waals surface area (Å²) in [6, 6.07) is 0. The van der Waals surface area contributed by atoms with Gasteiger partial charge in [0.05, 0.1) is 14.2 Å². The van der Waals surface area contributed by atoms with Gasteiger partial charge >= 0.3 is 23.9 Å². The molecule has 2 rings (SSSR count). The van der Waals surface area contributed by atoms with E-state index >= 15 is 0 Å². The summed E-state index contributed by atoms with van der Waals surface area (Å²) >= 11 is 0. The lowest BCUT2D eigenvalue weighted by molar-refractivity contribution is -0.141. The first-order chi connectivity index (χ1) is 16.6. The van der Waals surface area contributed by atoms with E-state index in [0.29, 0.717) is 67.5 Å². The molecule has 0 unspecified atom stereocenters. The predicted octanol–water partition coefficient (Wildman–Crippen LogP) is 3.72. The third kappa shape index (κ3) is 7.21. The van der Waals surface area contributed by atoms with Crippen LogP contribution in [0.2, 0.25) is 0 Å². The number of carbonyl (C=O) groups is 4. The molecule has 0 aliphatic rings. The van der Waals surface area contributed by atoms with E-state index < -0.39 is 11.9 Å². The number of aromatic amines is 2. The Hall–Kier alpha value is -3.56. The van der Waals surface area contributed by atoms with Gasteiger partial charge in [-0.1, -0.05) is 0 Å². The van der Waals surface area contributed by atoms with Gasteiger partial charge in [-0.15, -0.1) is 0 Å². The number of H-pyrrole nitrogens is 2. The smallest absolute Gasteiger partial charge is 0.352 e. The van der Waals surface area contributed by atoms with Crippen molar-refractivity contribution in [1.82, 2.24) is 9.97 Å². The normalized spacial score (nSPS) is 10.9. The summed E-state index contributed by atoms with van der Waals surface area (Å²) in [5.41, 5.74) is 4.58. The number of nitrogens with one attached hydrogen (secondary N) is 2. The number of aromatic carboxylic acids is 2. The van der Waals surface area contributed by atoms with Crippen molar-refractivity contribution in [3.8, 4) is 0 Å². The van der Waals surface area contributed by atoms with Crippen LogP contribution in [0.15, 0.2) is 0 Å². The molecule has 0 atom stereocenters. The van der Waals surface area contributed by atoms with Crippen molar-refractivity contribution < 1.29 is 38.9 Å². The van der Waals surface area contributed by atoms with E-state index in [-0.39, 0.29) is 36.2 Å². The molecule has 0 amide bonds. The molecule has 0 saturated carbocycles. The maximum absolute atomic E-state index is 11.8. The maximum Gasteiger partial charge on any atom is 0.352 e. The van der Waals surface area contributed by atoms with Crippen LogP contribution in [-0.2, 0) is 38.3 Å². The molecule has 35 heavy (non-hydrogen) atoms. The van der Waals surface area contributed by atoms with Crippen LogP contribution in [0.1, 0.15) is 93.1 Å². The van der Waals surface area contributed by atoms with E-state index in [0.717, 1.165) is 11.1 Å². The average molecular weight is 491 g/mol. The Labute approximate surface area is 204 Å². The van der Waals surface area contributed by atoms with Gasteiger partial charge in [0.2, 0.25) is 0 Å². The predicted molar refractivity (Wildman–Crippen MR) is 127 cm³/mol. The molecule has 0 aromatic carbocycles. The zero-order valence-electron chi connectivity index (χ0n) is 20.7. The zero-order chi connectivity index (χ0) is 26.1. The summed E-state index contributed by atoms with van der Waals surface area (Å²) in [6.45, 7) is 3.49. The van der Waals surface area contributed by atoms with Gasteiger partial charge in [-0.05, 0) is 74.6 Å². The Bertz CT molecular complexity index is 996. The van der Waals surface area contributed by atoms with Crippen molar-refractivity contribution in [3.05, 3.63) is 45.0 Å². The number of carboxylic acid groups (broad SMARTS) is 2. The van der Waals surface area contributed by atoms with E-state index in [2.05, 4.69) is 19.4 Å². The molecule has 2 aromatic heterocycles. The second-order valence-electron chi connectivity index (χ2n) is 8.52. The Kier molecular flexibility index (Phi) is 10.1. The summed E-state index contributed by atoms with van der Waals surface area (Å²) in [4.78, 5) is 52.3. The SMILES string of the molecule is COC(=O)CCCCc1c(Cc2[nH]c(C(=O)O)c(C)c2CCCCC(=O)OC)[nH]c(C(=O)O)c1C. The van der Waals surface area contributed by atoms with E-state index in [1.807, 2.05) is 0 Å². The van der Waals surface area contributed by atoms with Crippen LogP contribution >= 0.6 is 0 Å². The van der Waals surface area contributed by atoms with Gasteiger partial charge in [-0.2, -0.15) is 0 Å². The molecule has 4 N–H and O–H groups in total. The number of methoxy groups -OCH3 is 2. The van der Waals surface area contributed by atoms with E-state index in [1.54, 1.807) is 13.8 Å². The lowest BCUT2D eigenvalue weighted by Gasteiger charge is -2.08. The zero-order valence-corrected chi connectivity index (χ0v) is 20.7. The van der Waals surface area contributed by atoms with Crippen molar-refractivity contribution in [1.29, 1.82) is 0 Å². The number of carboxylic acids is 2. The fourth-order valence-electron chi connectivity index (χ4n) is 4.32. The molecule has 0 aliphatic carbocycles. The van der Waals surface area contributed by atoms with Crippen molar-refractivity contribution >= 4 is 23.9 Å². The number of unbranched alkanes of at least 4 members (excludes halogenated alkanes) is 2. The highest BCUT2D eigenvalue weighted by Crippen LogP contribution is 2.28. The number of aromatic nitrogens is 2. The minimum atomic E-state index is -1.07. The van der Waals surface area contributed by atoms with E-state index in [9.17, 15) is 29.4 Å². The molecule has 0 spiro atoms. The van der Waals surface area contributed by atoms with Crippen LogP contribution in [0.25, 0.3) is 0 Å². The molecular weight excluding hydrogens is 456 g/mol. The first-order valence-electron chi connectivity index (χ1n) is 11.6. The number of carbonyl (C=O) groups excluding carboxylic acids is 2. The summed E-state index contributed by atoms with van der Waals surface area (Å²) in [5, 5.41) is 19.2. The Balaban J connectivity index is 2.30. The van der Waals surface area contributed by atoms with Crippen LogP contribution in [0, 0.1) is 13.8 Å². The second kappa shape index (κ2) is 12.8. The number of hydrogen-bond acceptors (Lipinski definition) is 6. The van der Waals surface area contributed by atoms with Gasteiger partial charge in [0.1, 0.15) is 11.4 Å². The molecule has 0 saturated heterocycles. The number of ether oxygens (including phenoxy) is 2. The molecule has 0 radical (unpaired) electrons. The highest BCUT2D eigenvalue weighted by Gasteiger charge is 2.23. The minimum absolute atomic E-state index is 0.101. The number of esters is 2. The summed E-state index contributed by atoms with van der Waals surface area (Å²) in [7, 11) is 2.68. The van der Waals surface area contributed by atoms with Crippen LogP contribution in [0.5, 0.6) is 0 Å². The van der Waals surface area contributed by atoms with Gasteiger partial charge < -0.3 is 29.7 Å². The molecule has 0 fully saturated rings. The van der Waals surface area contributed by atoms with Crippen molar-refractivity contribution in [2.75, 3.05) is 14.2 Å². The monoisotopic (exact) mass is 490 g/mol. The lowest BCUT2D eigenvalue weighted by Crippen LogP contribution is -2.02. The van der Waals surface area contributed by atoms with Gasteiger partial charge in [-0.25, -0.2) is 9.59 Å². The van der Waals surface area contributed by atoms with Crippen molar-refractivity contribution in [2.24, 2.45) is 0 Å². The number of rotatable bonds is 14. The summed E-state index contributed by atoms with van der Waals surface area (Å²) in [6.07, 6.45) is 4.58. The molecule has 10 heteroatoms. The molecule has 2 heterocycles. The van der Waals surface area contributed by atoms with Gasteiger partial charge in [-0.3, -0.25) is 9.59 Å². The Morgan fingerprint density at radius 3 is 1.37 bits per heavy atom. The quantitative estimate of drug-likeness (QED) is 0.230. The largest absolute Gasteiger partial charge is 0.477 e. The van der Waals surface area contributed by atoms with Crippen LogP contribution in [0.4, 0.5) is 0 Å². The van der Waals surface area contributed by atoms with Crippen LogP contribution in [0.3, 0.4) is 0 Å². The third-order valence-electron chi connectivity index (χ3n) is 6.29. The summed E-state index contributed by atoms with van der Waals surface area (Å²) < 4.78 is 9.34. The van der Waals surface area contributed by atoms with Crippen molar-refractivity contribution in [3.63, 3.8) is 0 Å². The maximum atomic E-state index is 11.8. The van der Waals surface area contributed by atoms with Gasteiger partial charge in [0, 0.05) is 30.7 Å². The van der Waals surface area contributed by atoms with E-state index in [1.165, 1.54) is 14.2 Å². The third-order valence-corrected chi connectivity index (χ3v) is 6.29. The highest BCUT2D eigenvalue weighted by atomic mass is 16.5. The van der Waals surface area contributed by atoms with Gasteiger partial charge in [0.25, 0.3) is 0 Å².